The molecule has 0 aromatic heterocycles. The maximum Gasteiger partial charge on any atom is 0.332 e. The first-order chi connectivity index (χ1) is 14.7. The maximum atomic E-state index is 13.7. The molecule has 2 N–H and O–H groups in total. The van der Waals surface area contributed by atoms with E-state index in [0.717, 1.165) is 20.9 Å². The van der Waals surface area contributed by atoms with Crippen molar-refractivity contribution in [1.82, 2.24) is 20.4 Å². The van der Waals surface area contributed by atoms with Crippen molar-refractivity contribution in [3.63, 3.8) is 0 Å². The van der Waals surface area contributed by atoms with E-state index in [1.165, 1.54) is 14.1 Å². The van der Waals surface area contributed by atoms with Crippen LogP contribution < -0.4 is 10.6 Å². The normalized spacial score (nSPS) is 23.1. The predicted octanol–water partition coefficient (Wildman–Crippen LogP) is 2.44. The molecule has 8 heteroatoms. The molecule has 0 aliphatic carbocycles. The van der Waals surface area contributed by atoms with Crippen LogP contribution in [-0.4, -0.2) is 47.8 Å². The summed E-state index contributed by atoms with van der Waals surface area (Å²) in [6, 6.07) is 11.4. The summed E-state index contributed by atoms with van der Waals surface area (Å²) in [5.74, 6) is -1.33. The van der Waals surface area contributed by atoms with Crippen LogP contribution in [0.25, 0.3) is 0 Å². The molecule has 0 unspecified atom stereocenters. The Bertz CT molecular complexity index is 994. The quantitative estimate of drug-likeness (QED) is 0.729. The highest BCUT2D eigenvalue weighted by Gasteiger charge is 2.67. The molecule has 2 fully saturated rings. The summed E-state index contributed by atoms with van der Waals surface area (Å²) >= 11 is 0. The summed E-state index contributed by atoms with van der Waals surface area (Å²) in [6.45, 7) is 3.85. The highest BCUT2D eigenvalue weighted by Crippen LogP contribution is 2.50. The lowest BCUT2D eigenvalue weighted by Crippen LogP contribution is -2.73. The number of carbonyl (C=O) groups is 4. The fourth-order valence-electron chi connectivity index (χ4n) is 4.45. The number of carbonyl (C=O) groups excluding carboxylic acids is 4. The van der Waals surface area contributed by atoms with Gasteiger partial charge in [-0.1, -0.05) is 59.7 Å². The average molecular weight is 420 g/mol. The van der Waals surface area contributed by atoms with E-state index in [1.807, 2.05) is 38.1 Å². The number of rotatable bonds is 2. The zero-order valence-corrected chi connectivity index (χ0v) is 17.8. The first-order valence-electron chi connectivity index (χ1n) is 9.98. The van der Waals surface area contributed by atoms with Crippen molar-refractivity contribution in [1.29, 1.82) is 0 Å². The smallest absolute Gasteiger partial charge is 0.330 e. The second kappa shape index (κ2) is 7.23. The Morgan fingerprint density at radius 2 is 1.03 bits per heavy atom. The standard InChI is InChI=1S/C23H24N4O4/c1-13-5-9-15(10-6-13)17-23(19(28)26(3)22(31)27(4)20(23)29)18(25-21(30)24-17)16-11-7-14(2)8-12-16/h5-12,17-18H,1-4H3,(H2,24,25,30)/t17-,18-/m1/s1. The van der Waals surface area contributed by atoms with E-state index in [2.05, 4.69) is 10.6 Å². The van der Waals surface area contributed by atoms with Crippen molar-refractivity contribution >= 4 is 23.9 Å². The van der Waals surface area contributed by atoms with Crippen LogP contribution in [-0.2, 0) is 9.59 Å². The van der Waals surface area contributed by atoms with E-state index in [1.54, 1.807) is 24.3 Å². The lowest BCUT2D eigenvalue weighted by molar-refractivity contribution is -0.163. The number of hydrogen-bond acceptors (Lipinski definition) is 4. The predicted molar refractivity (Wildman–Crippen MR) is 113 cm³/mol. The Morgan fingerprint density at radius 3 is 1.39 bits per heavy atom. The largest absolute Gasteiger partial charge is 0.332 e. The van der Waals surface area contributed by atoms with E-state index in [9.17, 15) is 19.2 Å². The lowest BCUT2D eigenvalue weighted by Gasteiger charge is -2.52. The van der Waals surface area contributed by atoms with Crippen LogP contribution in [0.2, 0.25) is 0 Å². The summed E-state index contributed by atoms with van der Waals surface area (Å²) in [4.78, 5) is 54.6. The number of nitrogens with zero attached hydrogens (tertiary/aromatic N) is 2. The first kappa shape index (κ1) is 20.6. The third-order valence-electron chi connectivity index (χ3n) is 6.17. The molecule has 6 amide bonds. The molecule has 8 nitrogen and oxygen atoms in total. The van der Waals surface area contributed by atoms with E-state index in [0.29, 0.717) is 11.1 Å². The Hall–Kier alpha value is -3.68. The number of benzene rings is 2. The third-order valence-corrected chi connectivity index (χ3v) is 6.17. The second-order valence-electron chi connectivity index (χ2n) is 8.19. The van der Waals surface area contributed by atoms with Crippen LogP contribution in [0.4, 0.5) is 9.59 Å². The van der Waals surface area contributed by atoms with Crippen LogP contribution in [0.3, 0.4) is 0 Å². The molecule has 0 saturated carbocycles. The van der Waals surface area contributed by atoms with Gasteiger partial charge in [-0.15, -0.1) is 0 Å². The fraction of sp³-hybridized carbons (Fsp3) is 0.304. The summed E-state index contributed by atoms with van der Waals surface area (Å²) in [5.41, 5.74) is 1.43. The number of aryl methyl sites for hydroxylation is 2. The average Bonchev–Trinajstić information content (AvgIpc) is 2.76. The van der Waals surface area contributed by atoms with E-state index >= 15 is 0 Å². The molecule has 31 heavy (non-hydrogen) atoms. The SMILES string of the molecule is Cc1ccc([C@H]2NC(=O)N[C@H](c3ccc(C)cc3)C23C(=O)N(C)C(=O)N(C)C3=O)cc1. The van der Waals surface area contributed by atoms with Crippen LogP contribution >= 0.6 is 0 Å². The van der Waals surface area contributed by atoms with Crippen molar-refractivity contribution in [2.45, 2.75) is 25.9 Å². The van der Waals surface area contributed by atoms with Gasteiger partial charge in [0.1, 0.15) is 0 Å². The Labute approximate surface area is 180 Å². The summed E-state index contributed by atoms with van der Waals surface area (Å²) in [5, 5.41) is 5.57. The summed E-state index contributed by atoms with van der Waals surface area (Å²) in [7, 11) is 2.70. The van der Waals surface area contributed by atoms with Gasteiger partial charge in [-0.3, -0.25) is 19.4 Å². The molecule has 2 saturated heterocycles. The molecular formula is C23H24N4O4. The van der Waals surface area contributed by atoms with Crippen LogP contribution in [0.5, 0.6) is 0 Å². The Kier molecular flexibility index (Phi) is 4.80. The van der Waals surface area contributed by atoms with Gasteiger partial charge in [0.15, 0.2) is 5.41 Å². The number of urea groups is 2. The van der Waals surface area contributed by atoms with E-state index < -0.39 is 41.4 Å². The number of barbiturate groups is 1. The van der Waals surface area contributed by atoms with Crippen LogP contribution in [0.15, 0.2) is 48.5 Å². The molecule has 2 atom stereocenters. The topological polar surface area (TPSA) is 98.8 Å². The van der Waals surface area contributed by atoms with E-state index in [4.69, 9.17) is 0 Å². The lowest BCUT2D eigenvalue weighted by atomic mass is 9.65. The zero-order chi connectivity index (χ0) is 22.5. The van der Waals surface area contributed by atoms with Crippen molar-refractivity contribution in [2.75, 3.05) is 14.1 Å². The van der Waals surface area contributed by atoms with Gasteiger partial charge in [0.25, 0.3) is 11.8 Å². The molecule has 0 radical (unpaired) electrons. The van der Waals surface area contributed by atoms with Gasteiger partial charge in [-0.2, -0.15) is 0 Å². The first-order valence-corrected chi connectivity index (χ1v) is 9.98. The summed E-state index contributed by atoms with van der Waals surface area (Å²) in [6.07, 6.45) is 0. The van der Waals surface area contributed by atoms with E-state index in [-0.39, 0.29) is 0 Å². The monoisotopic (exact) mass is 420 g/mol. The van der Waals surface area contributed by atoms with Gasteiger partial charge < -0.3 is 10.6 Å². The molecule has 2 heterocycles. The molecular weight excluding hydrogens is 396 g/mol. The molecule has 0 bridgehead atoms. The van der Waals surface area contributed by atoms with Gasteiger partial charge >= 0.3 is 12.1 Å². The molecule has 2 aromatic carbocycles. The molecule has 4 rings (SSSR count). The van der Waals surface area contributed by atoms with Crippen LogP contribution in [0.1, 0.15) is 34.3 Å². The van der Waals surface area contributed by atoms with Gasteiger partial charge in [-0.05, 0) is 25.0 Å². The van der Waals surface area contributed by atoms with Gasteiger partial charge in [-0.25, -0.2) is 9.59 Å². The maximum absolute atomic E-state index is 13.7. The minimum Gasteiger partial charge on any atom is -0.330 e. The zero-order valence-electron chi connectivity index (χ0n) is 17.8. The van der Waals surface area contributed by atoms with Crippen molar-refractivity contribution in [3.8, 4) is 0 Å². The Morgan fingerprint density at radius 1 is 0.677 bits per heavy atom. The van der Waals surface area contributed by atoms with Crippen molar-refractivity contribution < 1.29 is 19.2 Å². The minimum atomic E-state index is -1.78. The summed E-state index contributed by atoms with van der Waals surface area (Å²) < 4.78 is 0. The number of imide groups is 2. The molecule has 2 aromatic rings. The molecule has 2 aliphatic heterocycles. The molecule has 160 valence electrons. The Balaban J connectivity index is 1.99. The highest BCUT2D eigenvalue weighted by molar-refractivity contribution is 6.20. The van der Waals surface area contributed by atoms with Crippen molar-refractivity contribution in [3.05, 3.63) is 70.8 Å². The van der Waals surface area contributed by atoms with Crippen LogP contribution in [0, 0.1) is 19.3 Å². The van der Waals surface area contributed by atoms with Crippen molar-refractivity contribution in [2.24, 2.45) is 5.41 Å². The van der Waals surface area contributed by atoms with Gasteiger partial charge in [0.2, 0.25) is 0 Å². The number of nitrogens with one attached hydrogen (secondary N) is 2. The third kappa shape index (κ3) is 2.98. The number of hydrogen-bond donors (Lipinski definition) is 2. The molecule has 1 spiro atoms. The minimum absolute atomic E-state index is 0.496. The highest BCUT2D eigenvalue weighted by atomic mass is 16.2. The molecule has 2 aliphatic rings. The number of amides is 6. The van der Waals surface area contributed by atoms with Gasteiger partial charge in [0.05, 0.1) is 12.1 Å². The fourth-order valence-corrected chi connectivity index (χ4v) is 4.45. The second-order valence-corrected chi connectivity index (χ2v) is 8.19. The van der Waals surface area contributed by atoms with Gasteiger partial charge in [0, 0.05) is 14.1 Å².